The Hall–Kier alpha value is -0.370. The highest BCUT2D eigenvalue weighted by Crippen LogP contribution is 2.55. The molecule has 1 heterocycles. The summed E-state index contributed by atoms with van der Waals surface area (Å²) < 4.78 is 5.93. The Morgan fingerprint density at radius 1 is 1.17 bits per heavy atom. The molecule has 0 bridgehead atoms. The molecule has 3 fully saturated rings. The average Bonchev–Trinajstić information content (AvgIpc) is 2.62. The molecule has 2 heteroatoms. The van der Waals surface area contributed by atoms with Crippen LogP contribution >= 0.6 is 0 Å². The summed E-state index contributed by atoms with van der Waals surface area (Å²) in [7, 11) is 0. The zero-order valence-corrected chi connectivity index (χ0v) is 11.8. The number of Topliss-reactive ketones (excluding diaryl/α,β-unsaturated/α-hetero) is 1. The second-order valence-corrected chi connectivity index (χ2v) is 7.17. The maximum Gasteiger partial charge on any atom is 0.139 e. The Morgan fingerprint density at radius 3 is 2.83 bits per heavy atom. The Bertz CT molecular complexity index is 338. The van der Waals surface area contributed by atoms with Crippen molar-refractivity contribution in [1.82, 2.24) is 0 Å². The molecule has 5 atom stereocenters. The lowest BCUT2D eigenvalue weighted by Crippen LogP contribution is -2.44. The number of ether oxygens (including phenoxy) is 1. The lowest BCUT2D eigenvalue weighted by Gasteiger charge is -2.46. The van der Waals surface area contributed by atoms with Gasteiger partial charge < -0.3 is 4.74 Å². The number of ketones is 1. The number of carbonyl (C=O) groups excluding carboxylic acids is 1. The van der Waals surface area contributed by atoms with Crippen LogP contribution in [0.25, 0.3) is 0 Å². The van der Waals surface area contributed by atoms with E-state index in [1.165, 1.54) is 19.3 Å². The molecule has 18 heavy (non-hydrogen) atoms. The summed E-state index contributed by atoms with van der Waals surface area (Å²) in [6, 6.07) is 0. The van der Waals surface area contributed by atoms with E-state index in [9.17, 15) is 4.79 Å². The monoisotopic (exact) mass is 250 g/mol. The van der Waals surface area contributed by atoms with Gasteiger partial charge in [-0.05, 0) is 55.8 Å². The van der Waals surface area contributed by atoms with E-state index in [1.807, 2.05) is 0 Å². The topological polar surface area (TPSA) is 26.3 Å². The molecule has 3 aliphatic rings. The molecule has 2 saturated carbocycles. The van der Waals surface area contributed by atoms with Crippen LogP contribution in [0.4, 0.5) is 0 Å². The second-order valence-electron chi connectivity index (χ2n) is 7.17. The van der Waals surface area contributed by atoms with Gasteiger partial charge in [-0.25, -0.2) is 0 Å². The van der Waals surface area contributed by atoms with Crippen molar-refractivity contribution in [3.05, 3.63) is 0 Å². The van der Waals surface area contributed by atoms with Crippen molar-refractivity contribution in [3.63, 3.8) is 0 Å². The van der Waals surface area contributed by atoms with Crippen molar-refractivity contribution in [1.29, 1.82) is 0 Å². The molecule has 0 N–H and O–H groups in total. The molecule has 2 nitrogen and oxygen atoms in total. The first-order chi connectivity index (χ1) is 8.61. The second kappa shape index (κ2) is 4.63. The Balaban J connectivity index is 1.79. The maximum absolute atomic E-state index is 12.2. The van der Waals surface area contributed by atoms with E-state index >= 15 is 0 Å². The summed E-state index contributed by atoms with van der Waals surface area (Å²) in [5.41, 5.74) is -0.00462. The molecule has 102 valence electrons. The smallest absolute Gasteiger partial charge is 0.139 e. The van der Waals surface area contributed by atoms with Crippen molar-refractivity contribution in [2.45, 2.75) is 52.4 Å². The Labute approximate surface area is 110 Å². The highest BCUT2D eigenvalue weighted by atomic mass is 16.5. The average molecular weight is 250 g/mol. The molecule has 1 aliphatic heterocycles. The fourth-order valence-corrected chi connectivity index (χ4v) is 4.73. The van der Waals surface area contributed by atoms with Crippen LogP contribution in [-0.2, 0) is 9.53 Å². The van der Waals surface area contributed by atoms with Gasteiger partial charge in [-0.3, -0.25) is 4.79 Å². The quantitative estimate of drug-likeness (QED) is 0.658. The summed E-state index contributed by atoms with van der Waals surface area (Å²) >= 11 is 0. The number of hydrogen-bond donors (Lipinski definition) is 0. The fraction of sp³-hybridized carbons (Fsp3) is 0.938. The third-order valence-corrected chi connectivity index (χ3v) is 6.04. The van der Waals surface area contributed by atoms with Gasteiger partial charge in [0.25, 0.3) is 0 Å². The van der Waals surface area contributed by atoms with Gasteiger partial charge >= 0.3 is 0 Å². The van der Waals surface area contributed by atoms with Gasteiger partial charge in [-0.2, -0.15) is 0 Å². The van der Waals surface area contributed by atoms with E-state index in [4.69, 9.17) is 4.74 Å². The largest absolute Gasteiger partial charge is 0.381 e. The summed E-state index contributed by atoms with van der Waals surface area (Å²) in [5, 5.41) is 0. The lowest BCUT2D eigenvalue weighted by atomic mass is 9.59. The highest BCUT2D eigenvalue weighted by Gasteiger charge is 2.53. The summed E-state index contributed by atoms with van der Waals surface area (Å²) in [4.78, 5) is 12.2. The lowest BCUT2D eigenvalue weighted by molar-refractivity contribution is -0.131. The van der Waals surface area contributed by atoms with Crippen molar-refractivity contribution < 1.29 is 9.53 Å². The van der Waals surface area contributed by atoms with Crippen LogP contribution in [-0.4, -0.2) is 19.0 Å². The Morgan fingerprint density at radius 2 is 2.00 bits per heavy atom. The molecule has 0 aromatic carbocycles. The van der Waals surface area contributed by atoms with Crippen LogP contribution in [0.15, 0.2) is 0 Å². The van der Waals surface area contributed by atoms with Crippen LogP contribution < -0.4 is 0 Å². The SMILES string of the molecule is C[C@@H]1CC[C@H]2CC[C@]3(C)C(=O)CC[C@H]3[C@@H]2COC1. The van der Waals surface area contributed by atoms with E-state index < -0.39 is 0 Å². The minimum absolute atomic E-state index is 0.00462. The molecule has 1 saturated heterocycles. The van der Waals surface area contributed by atoms with Gasteiger partial charge in [0.15, 0.2) is 0 Å². The molecule has 3 rings (SSSR count). The van der Waals surface area contributed by atoms with Crippen LogP contribution in [0, 0.1) is 29.1 Å². The summed E-state index contributed by atoms with van der Waals surface area (Å²) in [6.45, 7) is 6.35. The van der Waals surface area contributed by atoms with Crippen molar-refractivity contribution in [3.8, 4) is 0 Å². The van der Waals surface area contributed by atoms with E-state index in [0.29, 0.717) is 23.5 Å². The van der Waals surface area contributed by atoms with E-state index in [-0.39, 0.29) is 5.41 Å². The molecular formula is C16H26O2. The first-order valence-electron chi connectivity index (χ1n) is 7.72. The van der Waals surface area contributed by atoms with Gasteiger partial charge in [-0.15, -0.1) is 0 Å². The van der Waals surface area contributed by atoms with Crippen molar-refractivity contribution in [2.24, 2.45) is 29.1 Å². The molecule has 0 amide bonds. The minimum Gasteiger partial charge on any atom is -0.381 e. The standard InChI is InChI=1S/C16H26O2/c1-11-3-4-12-7-8-16(2)14(5-6-15(16)17)13(12)10-18-9-11/h11-14H,3-10H2,1-2H3/t11-,12+,13-,14+,16+/m1/s1. The first kappa shape index (κ1) is 12.7. The first-order valence-corrected chi connectivity index (χ1v) is 7.72. The highest BCUT2D eigenvalue weighted by molar-refractivity contribution is 5.87. The number of hydrogen-bond acceptors (Lipinski definition) is 2. The summed E-state index contributed by atoms with van der Waals surface area (Å²) in [6.07, 6.45) is 6.98. The van der Waals surface area contributed by atoms with E-state index in [2.05, 4.69) is 13.8 Å². The van der Waals surface area contributed by atoms with E-state index in [0.717, 1.165) is 38.4 Å². The molecule has 0 aromatic heterocycles. The maximum atomic E-state index is 12.2. The zero-order valence-electron chi connectivity index (χ0n) is 11.8. The van der Waals surface area contributed by atoms with Gasteiger partial charge in [0, 0.05) is 25.0 Å². The van der Waals surface area contributed by atoms with Gasteiger partial charge in [0.1, 0.15) is 5.78 Å². The summed E-state index contributed by atoms with van der Waals surface area (Å²) in [5.74, 6) is 3.32. The third-order valence-electron chi connectivity index (χ3n) is 6.04. The van der Waals surface area contributed by atoms with E-state index in [1.54, 1.807) is 0 Å². The molecule has 0 aromatic rings. The molecule has 0 radical (unpaired) electrons. The van der Waals surface area contributed by atoms with Gasteiger partial charge in [0.05, 0.1) is 0 Å². The van der Waals surface area contributed by atoms with Crippen LogP contribution in [0.2, 0.25) is 0 Å². The van der Waals surface area contributed by atoms with Crippen LogP contribution in [0.1, 0.15) is 52.4 Å². The van der Waals surface area contributed by atoms with Crippen molar-refractivity contribution in [2.75, 3.05) is 13.2 Å². The molecule has 0 unspecified atom stereocenters. The van der Waals surface area contributed by atoms with Crippen LogP contribution in [0.3, 0.4) is 0 Å². The fourth-order valence-electron chi connectivity index (χ4n) is 4.73. The third kappa shape index (κ3) is 1.93. The Kier molecular flexibility index (Phi) is 3.25. The zero-order chi connectivity index (χ0) is 12.8. The molecule has 2 aliphatic carbocycles. The number of carbonyl (C=O) groups is 1. The predicted octanol–water partition coefficient (Wildman–Crippen LogP) is 3.44. The number of fused-ring (bicyclic) bond motifs is 3. The normalized spacial score (nSPS) is 49.1. The predicted molar refractivity (Wildman–Crippen MR) is 71.3 cm³/mol. The van der Waals surface area contributed by atoms with Crippen LogP contribution in [0.5, 0.6) is 0 Å². The number of rotatable bonds is 0. The minimum atomic E-state index is -0.00462. The van der Waals surface area contributed by atoms with Gasteiger partial charge in [-0.1, -0.05) is 13.8 Å². The molecule has 0 spiro atoms. The van der Waals surface area contributed by atoms with Crippen molar-refractivity contribution >= 4 is 5.78 Å². The van der Waals surface area contributed by atoms with Gasteiger partial charge in [0.2, 0.25) is 0 Å². The molecular weight excluding hydrogens is 224 g/mol.